The van der Waals surface area contributed by atoms with Gasteiger partial charge in [0.25, 0.3) is 0 Å². The maximum Gasteiger partial charge on any atom is 0.183 e. The van der Waals surface area contributed by atoms with Crippen LogP contribution in [0, 0.1) is 5.82 Å². The molecule has 0 spiro atoms. The Morgan fingerprint density at radius 3 is 2.86 bits per heavy atom. The van der Waals surface area contributed by atoms with Crippen molar-refractivity contribution in [3.05, 3.63) is 28.5 Å². The minimum absolute atomic E-state index is 0.0247. The average Bonchev–Trinajstić information content (AvgIpc) is 2.20. The van der Waals surface area contributed by atoms with Crippen LogP contribution in [0.4, 0.5) is 4.39 Å². The summed E-state index contributed by atoms with van der Waals surface area (Å²) in [5, 5.41) is 0.0247. The van der Waals surface area contributed by atoms with Gasteiger partial charge in [0.15, 0.2) is 11.6 Å². The van der Waals surface area contributed by atoms with Crippen LogP contribution >= 0.6 is 11.6 Å². The summed E-state index contributed by atoms with van der Waals surface area (Å²) < 4.78 is 18.2. The summed E-state index contributed by atoms with van der Waals surface area (Å²) in [5.41, 5.74) is 0.654. The molecule has 0 unspecified atom stereocenters. The normalized spacial score (nSPS) is 9.93. The van der Waals surface area contributed by atoms with E-state index in [0.29, 0.717) is 18.4 Å². The average molecular weight is 217 g/mol. The van der Waals surface area contributed by atoms with E-state index in [9.17, 15) is 9.18 Å². The van der Waals surface area contributed by atoms with Gasteiger partial charge in [-0.3, -0.25) is 0 Å². The van der Waals surface area contributed by atoms with Gasteiger partial charge in [-0.25, -0.2) is 4.39 Å². The first kappa shape index (κ1) is 11.0. The molecular weight excluding hydrogens is 207 g/mol. The van der Waals surface area contributed by atoms with Crippen LogP contribution in [0.3, 0.4) is 0 Å². The van der Waals surface area contributed by atoms with Crippen molar-refractivity contribution in [2.24, 2.45) is 0 Å². The Hall–Kier alpha value is -1.09. The smallest absolute Gasteiger partial charge is 0.183 e. The van der Waals surface area contributed by atoms with E-state index in [2.05, 4.69) is 0 Å². The molecule has 2 nitrogen and oxygen atoms in total. The van der Waals surface area contributed by atoms with Crippen LogP contribution in [0.2, 0.25) is 5.02 Å². The van der Waals surface area contributed by atoms with Gasteiger partial charge in [-0.05, 0) is 18.1 Å². The Kier molecular flexibility index (Phi) is 3.89. The molecule has 4 heteroatoms. The molecule has 0 bridgehead atoms. The van der Waals surface area contributed by atoms with Crippen molar-refractivity contribution in [2.45, 2.75) is 12.8 Å². The maximum atomic E-state index is 13.3. The summed E-state index contributed by atoms with van der Waals surface area (Å²) in [7, 11) is 1.37. The molecule has 0 aliphatic carbocycles. The van der Waals surface area contributed by atoms with Gasteiger partial charge < -0.3 is 9.53 Å². The molecule has 0 amide bonds. The lowest BCUT2D eigenvalue weighted by atomic mass is 10.1. The molecule has 0 atom stereocenters. The Balaban J connectivity index is 3.03. The van der Waals surface area contributed by atoms with Crippen LogP contribution in [-0.4, -0.2) is 13.4 Å². The highest BCUT2D eigenvalue weighted by Gasteiger charge is 2.12. The molecule has 14 heavy (non-hydrogen) atoms. The molecule has 0 aliphatic rings. The highest BCUT2D eigenvalue weighted by molar-refractivity contribution is 6.30. The van der Waals surface area contributed by atoms with Gasteiger partial charge in [-0.15, -0.1) is 0 Å². The summed E-state index contributed by atoms with van der Waals surface area (Å²) in [6, 6.07) is 3.12. The zero-order valence-corrected chi connectivity index (χ0v) is 8.47. The molecule has 0 saturated heterocycles. The van der Waals surface area contributed by atoms with E-state index >= 15 is 0 Å². The third kappa shape index (κ3) is 2.23. The molecule has 1 rings (SSSR count). The number of methoxy groups -OCH3 is 1. The highest BCUT2D eigenvalue weighted by atomic mass is 35.5. The third-order valence-corrected chi connectivity index (χ3v) is 2.16. The molecule has 0 fully saturated rings. The first-order valence-electron chi connectivity index (χ1n) is 4.15. The van der Waals surface area contributed by atoms with Crippen molar-refractivity contribution in [1.29, 1.82) is 0 Å². The fourth-order valence-corrected chi connectivity index (χ4v) is 1.35. The number of hydrogen-bond acceptors (Lipinski definition) is 2. The van der Waals surface area contributed by atoms with Crippen LogP contribution in [-0.2, 0) is 11.2 Å². The molecule has 0 radical (unpaired) electrons. The zero-order chi connectivity index (χ0) is 10.6. The number of rotatable bonds is 4. The minimum Gasteiger partial charge on any atom is -0.493 e. The van der Waals surface area contributed by atoms with Gasteiger partial charge in [0, 0.05) is 6.42 Å². The number of hydrogen-bond donors (Lipinski definition) is 0. The van der Waals surface area contributed by atoms with Crippen molar-refractivity contribution in [2.75, 3.05) is 7.11 Å². The minimum atomic E-state index is -0.572. The van der Waals surface area contributed by atoms with Gasteiger partial charge >= 0.3 is 0 Å². The summed E-state index contributed by atoms with van der Waals surface area (Å²) in [6.07, 6.45) is 1.59. The lowest BCUT2D eigenvalue weighted by Gasteiger charge is -2.08. The fourth-order valence-electron chi connectivity index (χ4n) is 1.20. The van der Waals surface area contributed by atoms with E-state index in [-0.39, 0.29) is 10.8 Å². The van der Waals surface area contributed by atoms with Crippen LogP contribution in [0.1, 0.15) is 12.0 Å². The summed E-state index contributed by atoms with van der Waals surface area (Å²) >= 11 is 5.57. The Morgan fingerprint density at radius 1 is 1.57 bits per heavy atom. The summed E-state index contributed by atoms with van der Waals surface area (Å²) in [5.74, 6) is -0.447. The van der Waals surface area contributed by atoms with Gasteiger partial charge in [0.1, 0.15) is 6.29 Å². The van der Waals surface area contributed by atoms with Gasteiger partial charge in [-0.1, -0.05) is 17.7 Å². The van der Waals surface area contributed by atoms with E-state index < -0.39 is 5.82 Å². The second-order valence-corrected chi connectivity index (χ2v) is 3.17. The van der Waals surface area contributed by atoms with Gasteiger partial charge in [0.2, 0.25) is 0 Å². The van der Waals surface area contributed by atoms with Crippen molar-refractivity contribution >= 4 is 17.9 Å². The Labute approximate surface area is 86.6 Å². The van der Waals surface area contributed by atoms with Crippen LogP contribution < -0.4 is 4.74 Å². The summed E-state index contributed by atoms with van der Waals surface area (Å²) in [4.78, 5) is 10.2. The monoisotopic (exact) mass is 216 g/mol. The SMILES string of the molecule is COc1c(CCC=O)ccc(Cl)c1F. The van der Waals surface area contributed by atoms with Gasteiger partial charge in [-0.2, -0.15) is 0 Å². The Morgan fingerprint density at radius 2 is 2.29 bits per heavy atom. The van der Waals surface area contributed by atoms with Gasteiger partial charge in [0.05, 0.1) is 12.1 Å². The van der Waals surface area contributed by atoms with Crippen molar-refractivity contribution < 1.29 is 13.9 Å². The molecule has 1 aromatic carbocycles. The van der Waals surface area contributed by atoms with Crippen molar-refractivity contribution in [3.63, 3.8) is 0 Å². The quantitative estimate of drug-likeness (QED) is 0.724. The number of halogens is 2. The fraction of sp³-hybridized carbons (Fsp3) is 0.300. The standard InChI is InChI=1S/C10H10ClFO2/c1-14-10-7(3-2-6-13)4-5-8(11)9(10)12/h4-6H,2-3H2,1H3. The number of ether oxygens (including phenoxy) is 1. The van der Waals surface area contributed by atoms with Crippen LogP contribution in [0.15, 0.2) is 12.1 Å². The highest BCUT2D eigenvalue weighted by Crippen LogP contribution is 2.29. The molecule has 0 aliphatic heterocycles. The third-order valence-electron chi connectivity index (χ3n) is 1.87. The zero-order valence-electron chi connectivity index (χ0n) is 7.72. The lowest BCUT2D eigenvalue weighted by Crippen LogP contribution is -1.96. The van der Waals surface area contributed by atoms with Crippen LogP contribution in [0.25, 0.3) is 0 Å². The molecule has 0 N–H and O–H groups in total. The largest absolute Gasteiger partial charge is 0.493 e. The second kappa shape index (κ2) is 4.96. The second-order valence-electron chi connectivity index (χ2n) is 2.76. The van der Waals surface area contributed by atoms with E-state index in [0.717, 1.165) is 6.29 Å². The number of carbonyl (C=O) groups is 1. The van der Waals surface area contributed by atoms with E-state index in [1.54, 1.807) is 6.07 Å². The number of benzene rings is 1. The predicted octanol–water partition coefficient (Wildman–Crippen LogP) is 2.62. The lowest BCUT2D eigenvalue weighted by molar-refractivity contribution is -0.107. The number of aryl methyl sites for hydroxylation is 1. The number of aldehydes is 1. The maximum absolute atomic E-state index is 13.3. The Bertz CT molecular complexity index is 339. The molecule has 0 saturated carbocycles. The predicted molar refractivity (Wildman–Crippen MR) is 52.3 cm³/mol. The molecule has 76 valence electrons. The number of carbonyl (C=O) groups excluding carboxylic acids is 1. The van der Waals surface area contributed by atoms with Crippen LogP contribution in [0.5, 0.6) is 5.75 Å². The van der Waals surface area contributed by atoms with Crippen molar-refractivity contribution in [3.8, 4) is 5.75 Å². The van der Waals surface area contributed by atoms with Crippen molar-refractivity contribution in [1.82, 2.24) is 0 Å². The van der Waals surface area contributed by atoms with E-state index in [4.69, 9.17) is 16.3 Å². The molecule has 1 aromatic rings. The molecule has 0 aromatic heterocycles. The van der Waals surface area contributed by atoms with E-state index in [1.165, 1.54) is 13.2 Å². The molecule has 0 heterocycles. The topological polar surface area (TPSA) is 26.3 Å². The first-order valence-corrected chi connectivity index (χ1v) is 4.53. The summed E-state index contributed by atoms with van der Waals surface area (Å²) in [6.45, 7) is 0. The first-order chi connectivity index (χ1) is 6.70. The van der Waals surface area contributed by atoms with E-state index in [1.807, 2.05) is 0 Å². The molecular formula is C10H10ClFO2.